The summed E-state index contributed by atoms with van der Waals surface area (Å²) in [5, 5.41) is 0.322. The lowest BCUT2D eigenvalue weighted by Gasteiger charge is -2.17. The van der Waals surface area contributed by atoms with Crippen LogP contribution in [0.4, 0.5) is 13.2 Å². The number of hydrogen-bond acceptors (Lipinski definition) is 4. The van der Waals surface area contributed by atoms with Gasteiger partial charge in [0.25, 0.3) is 0 Å². The second kappa shape index (κ2) is 8.90. The van der Waals surface area contributed by atoms with Crippen molar-refractivity contribution >= 4 is 17.3 Å². The van der Waals surface area contributed by atoms with Gasteiger partial charge in [-0.3, -0.25) is 0 Å². The minimum atomic E-state index is -4.37. The first-order valence-electron chi connectivity index (χ1n) is 8.08. The molecule has 0 aliphatic heterocycles. The van der Waals surface area contributed by atoms with E-state index in [4.69, 9.17) is 26.4 Å². The Morgan fingerprint density at radius 1 is 1.00 bits per heavy atom. The largest absolute Gasteiger partial charge is 0.482 e. The molecule has 27 heavy (non-hydrogen) atoms. The summed E-state index contributed by atoms with van der Waals surface area (Å²) < 4.78 is 54.3. The van der Waals surface area contributed by atoms with Gasteiger partial charge in [-0.25, -0.2) is 0 Å². The Morgan fingerprint density at radius 2 is 1.48 bits per heavy atom. The standard InChI is InChI=1S/C20H19F3O3S/c1-13(2)12-24-19(27)14(3)25-16-8-10-18(11-9-16)26-17-6-4-15(5-7-17)20(21,22)23/h4-11,14H,1,12H2,2-3H3. The van der Waals surface area contributed by atoms with Gasteiger partial charge in [0.05, 0.1) is 5.56 Å². The van der Waals surface area contributed by atoms with E-state index < -0.39 is 17.8 Å². The van der Waals surface area contributed by atoms with Gasteiger partial charge in [0.2, 0.25) is 5.05 Å². The monoisotopic (exact) mass is 396 g/mol. The van der Waals surface area contributed by atoms with Crippen LogP contribution in [0, 0.1) is 0 Å². The molecule has 7 heteroatoms. The predicted octanol–water partition coefficient (Wildman–Crippen LogP) is 6.19. The van der Waals surface area contributed by atoms with E-state index in [9.17, 15) is 13.2 Å². The van der Waals surface area contributed by atoms with Gasteiger partial charge in [0, 0.05) is 0 Å². The number of benzene rings is 2. The lowest BCUT2D eigenvalue weighted by Crippen LogP contribution is -2.24. The average molecular weight is 396 g/mol. The Kier molecular flexibility index (Phi) is 6.85. The lowest BCUT2D eigenvalue weighted by molar-refractivity contribution is -0.137. The first kappa shape index (κ1) is 20.8. The molecule has 1 unspecified atom stereocenters. The maximum absolute atomic E-state index is 12.6. The fourth-order valence-electron chi connectivity index (χ4n) is 2.00. The van der Waals surface area contributed by atoms with Crippen molar-refractivity contribution in [1.29, 1.82) is 0 Å². The summed E-state index contributed by atoms with van der Waals surface area (Å²) in [4.78, 5) is 0. The Labute approximate surface area is 161 Å². The van der Waals surface area contributed by atoms with Crippen LogP contribution in [-0.4, -0.2) is 17.8 Å². The minimum absolute atomic E-state index is 0.305. The van der Waals surface area contributed by atoms with E-state index in [1.807, 2.05) is 6.92 Å². The molecule has 0 fully saturated rings. The molecule has 0 saturated heterocycles. The maximum atomic E-state index is 12.6. The average Bonchev–Trinajstić information content (AvgIpc) is 2.61. The summed E-state index contributed by atoms with van der Waals surface area (Å²) in [5.41, 5.74) is 0.131. The quantitative estimate of drug-likeness (QED) is 0.412. The molecule has 0 aliphatic rings. The van der Waals surface area contributed by atoms with Gasteiger partial charge in [-0.05, 0) is 80.2 Å². The Bertz CT molecular complexity index is 784. The molecule has 2 aromatic carbocycles. The van der Waals surface area contributed by atoms with E-state index in [1.165, 1.54) is 12.1 Å². The first-order valence-corrected chi connectivity index (χ1v) is 8.49. The van der Waals surface area contributed by atoms with Gasteiger partial charge in [-0.2, -0.15) is 13.2 Å². The fourth-order valence-corrected chi connectivity index (χ4v) is 2.11. The smallest absolute Gasteiger partial charge is 0.416 e. The molecule has 0 N–H and O–H groups in total. The van der Waals surface area contributed by atoms with Gasteiger partial charge < -0.3 is 14.2 Å². The SMILES string of the molecule is C=C(C)COC(=S)C(C)Oc1ccc(Oc2ccc(C(F)(F)F)cc2)cc1. The second-order valence-electron chi connectivity index (χ2n) is 5.92. The van der Waals surface area contributed by atoms with E-state index in [0.717, 1.165) is 17.7 Å². The third kappa shape index (κ3) is 6.60. The molecule has 0 amide bonds. The number of hydrogen-bond donors (Lipinski definition) is 0. The zero-order chi connectivity index (χ0) is 20.0. The van der Waals surface area contributed by atoms with E-state index in [2.05, 4.69) is 6.58 Å². The number of rotatable bonds is 7. The Hall–Kier alpha value is -2.54. The molecule has 0 aromatic heterocycles. The number of ether oxygens (including phenoxy) is 3. The van der Waals surface area contributed by atoms with Crippen molar-refractivity contribution in [3.63, 3.8) is 0 Å². The molecular formula is C20H19F3O3S. The number of halogens is 3. The molecule has 0 aliphatic carbocycles. The third-order valence-electron chi connectivity index (χ3n) is 3.35. The van der Waals surface area contributed by atoms with Gasteiger partial charge in [0.15, 0.2) is 6.10 Å². The van der Waals surface area contributed by atoms with Crippen LogP contribution < -0.4 is 9.47 Å². The van der Waals surface area contributed by atoms with Crippen molar-refractivity contribution in [3.8, 4) is 17.2 Å². The highest BCUT2D eigenvalue weighted by molar-refractivity contribution is 7.80. The van der Waals surface area contributed by atoms with Crippen molar-refractivity contribution in [3.05, 3.63) is 66.2 Å². The van der Waals surface area contributed by atoms with Gasteiger partial charge in [-0.15, -0.1) is 0 Å². The van der Waals surface area contributed by atoms with Crippen LogP contribution in [-0.2, 0) is 10.9 Å². The van der Waals surface area contributed by atoms with Crippen LogP contribution >= 0.6 is 12.2 Å². The molecule has 0 spiro atoms. The van der Waals surface area contributed by atoms with Crippen LogP contribution in [0.2, 0.25) is 0 Å². The van der Waals surface area contributed by atoms with E-state index in [-0.39, 0.29) is 0 Å². The summed E-state index contributed by atoms with van der Waals surface area (Å²) in [5.74, 6) is 1.33. The van der Waals surface area contributed by atoms with Crippen molar-refractivity contribution in [1.82, 2.24) is 0 Å². The Morgan fingerprint density at radius 3 is 1.96 bits per heavy atom. The van der Waals surface area contributed by atoms with Crippen LogP contribution in [0.15, 0.2) is 60.7 Å². The lowest BCUT2D eigenvalue weighted by atomic mass is 10.2. The minimum Gasteiger partial charge on any atom is -0.482 e. The topological polar surface area (TPSA) is 27.7 Å². The molecule has 0 heterocycles. The second-order valence-corrected chi connectivity index (χ2v) is 6.32. The summed E-state index contributed by atoms with van der Waals surface area (Å²) in [6.07, 6.45) is -4.80. The molecule has 0 saturated carbocycles. The van der Waals surface area contributed by atoms with Crippen LogP contribution in [0.1, 0.15) is 19.4 Å². The number of alkyl halides is 3. The molecule has 144 valence electrons. The van der Waals surface area contributed by atoms with Crippen molar-refractivity contribution in [2.75, 3.05) is 6.61 Å². The highest BCUT2D eigenvalue weighted by atomic mass is 32.1. The van der Waals surface area contributed by atoms with E-state index >= 15 is 0 Å². The maximum Gasteiger partial charge on any atom is 0.416 e. The van der Waals surface area contributed by atoms with Crippen LogP contribution in [0.3, 0.4) is 0 Å². The van der Waals surface area contributed by atoms with Crippen molar-refractivity contribution in [2.24, 2.45) is 0 Å². The van der Waals surface area contributed by atoms with E-state index in [1.54, 1.807) is 31.2 Å². The summed E-state index contributed by atoms with van der Waals surface area (Å²) in [6.45, 7) is 7.68. The number of thiocarbonyl (C=S) groups is 1. The van der Waals surface area contributed by atoms with Crippen molar-refractivity contribution < 1.29 is 27.4 Å². The Balaban J connectivity index is 1.93. The molecular weight excluding hydrogens is 377 g/mol. The normalized spacial score (nSPS) is 12.2. The molecule has 2 aromatic rings. The summed E-state index contributed by atoms with van der Waals surface area (Å²) >= 11 is 5.15. The van der Waals surface area contributed by atoms with Gasteiger partial charge in [0.1, 0.15) is 23.9 Å². The molecule has 0 radical (unpaired) electrons. The fraction of sp³-hybridized carbons (Fsp3) is 0.250. The third-order valence-corrected chi connectivity index (χ3v) is 3.80. The van der Waals surface area contributed by atoms with Gasteiger partial charge in [-0.1, -0.05) is 6.58 Å². The summed E-state index contributed by atoms with van der Waals surface area (Å²) in [7, 11) is 0. The zero-order valence-corrected chi connectivity index (χ0v) is 15.7. The zero-order valence-electron chi connectivity index (χ0n) is 14.9. The highest BCUT2D eigenvalue weighted by Gasteiger charge is 2.30. The van der Waals surface area contributed by atoms with Crippen LogP contribution in [0.25, 0.3) is 0 Å². The molecule has 3 nitrogen and oxygen atoms in total. The first-order chi connectivity index (χ1) is 12.6. The van der Waals surface area contributed by atoms with Gasteiger partial charge >= 0.3 is 6.18 Å². The highest BCUT2D eigenvalue weighted by Crippen LogP contribution is 2.31. The summed E-state index contributed by atoms with van der Waals surface area (Å²) in [6, 6.07) is 11.1. The molecule has 1 atom stereocenters. The van der Waals surface area contributed by atoms with Crippen molar-refractivity contribution in [2.45, 2.75) is 26.1 Å². The predicted molar refractivity (Wildman–Crippen MR) is 101 cm³/mol. The molecule has 0 bridgehead atoms. The van der Waals surface area contributed by atoms with Crippen LogP contribution in [0.5, 0.6) is 17.2 Å². The van der Waals surface area contributed by atoms with E-state index in [0.29, 0.717) is 28.9 Å². The molecule has 2 rings (SSSR count).